The maximum atomic E-state index is 11.5. The highest BCUT2D eigenvalue weighted by atomic mass is 32.1. The number of esters is 1. The second kappa shape index (κ2) is 4.01. The number of hydrogen-bond acceptors (Lipinski definition) is 5. The summed E-state index contributed by atoms with van der Waals surface area (Å²) in [6.07, 6.45) is 0. The van der Waals surface area contributed by atoms with Crippen LogP contribution < -0.4 is 0 Å². The van der Waals surface area contributed by atoms with Crippen LogP contribution in [0, 0.1) is 11.6 Å². The Bertz CT molecular complexity index is 601. The average molecular weight is 238 g/mol. The Morgan fingerprint density at radius 3 is 3.12 bits per heavy atom. The molecule has 0 aliphatic carbocycles. The van der Waals surface area contributed by atoms with E-state index in [1.54, 1.807) is 18.2 Å². The van der Waals surface area contributed by atoms with Gasteiger partial charge in [0.2, 0.25) is 5.78 Å². The van der Waals surface area contributed by atoms with Crippen molar-refractivity contribution < 1.29 is 9.53 Å². The molecular formula is C9H10N4O2S. The molecule has 0 fully saturated rings. The van der Waals surface area contributed by atoms with Gasteiger partial charge in [-0.3, -0.25) is 4.40 Å². The summed E-state index contributed by atoms with van der Waals surface area (Å²) in [4.78, 5) is 15.6. The molecule has 0 saturated heterocycles. The zero-order valence-electron chi connectivity index (χ0n) is 8.85. The van der Waals surface area contributed by atoms with E-state index in [4.69, 9.17) is 17.0 Å². The van der Waals surface area contributed by atoms with E-state index >= 15 is 0 Å². The highest BCUT2D eigenvalue weighted by molar-refractivity contribution is 7.71. The number of H-pyrrole nitrogens is 1. The van der Waals surface area contributed by atoms with Gasteiger partial charge in [0, 0.05) is 6.07 Å². The second-order valence-corrected chi connectivity index (χ2v) is 3.55. The van der Waals surface area contributed by atoms with Gasteiger partial charge in [-0.15, -0.1) is 0 Å². The van der Waals surface area contributed by atoms with Crippen molar-refractivity contribution >= 4 is 24.0 Å². The topological polar surface area (TPSA) is 72.3 Å². The predicted molar refractivity (Wildman–Crippen MR) is 58.9 cm³/mol. The number of rotatable bonds is 2. The van der Waals surface area contributed by atoms with Gasteiger partial charge >= 0.3 is 5.97 Å². The predicted octanol–water partition coefficient (Wildman–Crippen LogP) is 1.27. The first-order valence-corrected chi connectivity index (χ1v) is 5.16. The molecule has 16 heavy (non-hydrogen) atoms. The summed E-state index contributed by atoms with van der Waals surface area (Å²) in [5.41, 5.74) is 0.190. The molecule has 0 spiro atoms. The SMILES string of the molecule is CCOC(=O)c1cc(=S)n2c(C)n[nH]c2n1. The lowest BCUT2D eigenvalue weighted by Crippen LogP contribution is -2.09. The largest absolute Gasteiger partial charge is 0.461 e. The Balaban J connectivity index is 2.59. The van der Waals surface area contributed by atoms with Crippen molar-refractivity contribution in [1.29, 1.82) is 0 Å². The van der Waals surface area contributed by atoms with Gasteiger partial charge in [0.25, 0.3) is 0 Å². The molecule has 84 valence electrons. The van der Waals surface area contributed by atoms with Gasteiger partial charge < -0.3 is 4.74 Å². The molecule has 0 amide bonds. The Labute approximate surface area is 96.3 Å². The van der Waals surface area contributed by atoms with E-state index in [2.05, 4.69) is 15.2 Å². The average Bonchev–Trinajstić information content (AvgIpc) is 2.61. The number of hydrogen-bond donors (Lipinski definition) is 1. The Morgan fingerprint density at radius 1 is 1.69 bits per heavy atom. The Morgan fingerprint density at radius 2 is 2.44 bits per heavy atom. The molecule has 6 nitrogen and oxygen atoms in total. The van der Waals surface area contributed by atoms with E-state index in [9.17, 15) is 4.79 Å². The molecule has 1 N–H and O–H groups in total. The minimum Gasteiger partial charge on any atom is -0.461 e. The maximum absolute atomic E-state index is 11.5. The molecule has 7 heteroatoms. The van der Waals surface area contributed by atoms with Crippen LogP contribution in [0.1, 0.15) is 23.2 Å². The number of aromatic amines is 1. The van der Waals surface area contributed by atoms with Gasteiger partial charge in [-0.25, -0.2) is 14.9 Å². The first kappa shape index (κ1) is 10.7. The fourth-order valence-electron chi connectivity index (χ4n) is 1.36. The smallest absolute Gasteiger partial charge is 0.357 e. The molecule has 0 aliphatic heterocycles. The second-order valence-electron chi connectivity index (χ2n) is 3.13. The minimum absolute atomic E-state index is 0.190. The number of carbonyl (C=O) groups excluding carboxylic acids is 1. The molecule has 0 aliphatic rings. The molecule has 2 aromatic rings. The zero-order chi connectivity index (χ0) is 11.7. The van der Waals surface area contributed by atoms with Gasteiger partial charge in [-0.1, -0.05) is 12.2 Å². The first-order chi connectivity index (χ1) is 7.63. The third kappa shape index (κ3) is 1.69. The van der Waals surface area contributed by atoms with Crippen molar-refractivity contribution in [2.75, 3.05) is 6.61 Å². The number of aromatic nitrogens is 4. The minimum atomic E-state index is -0.483. The van der Waals surface area contributed by atoms with Crippen LogP contribution in [-0.2, 0) is 4.74 Å². The molecular weight excluding hydrogens is 228 g/mol. The van der Waals surface area contributed by atoms with Crippen molar-refractivity contribution in [2.45, 2.75) is 13.8 Å². The normalized spacial score (nSPS) is 10.6. The van der Waals surface area contributed by atoms with Crippen molar-refractivity contribution in [3.8, 4) is 0 Å². The third-order valence-electron chi connectivity index (χ3n) is 2.04. The van der Waals surface area contributed by atoms with E-state index in [0.29, 0.717) is 22.8 Å². The molecule has 0 aromatic carbocycles. The number of nitrogens with zero attached hydrogens (tertiary/aromatic N) is 3. The van der Waals surface area contributed by atoms with Gasteiger partial charge in [0.15, 0.2) is 5.69 Å². The number of ether oxygens (including phenoxy) is 1. The number of fused-ring (bicyclic) bond motifs is 1. The summed E-state index contributed by atoms with van der Waals surface area (Å²) >= 11 is 5.14. The van der Waals surface area contributed by atoms with Crippen LogP contribution in [0.15, 0.2) is 6.07 Å². The molecule has 2 aromatic heterocycles. The summed E-state index contributed by atoms with van der Waals surface area (Å²) in [5.74, 6) is 0.652. The number of carbonyl (C=O) groups is 1. The highest BCUT2D eigenvalue weighted by Gasteiger charge is 2.11. The highest BCUT2D eigenvalue weighted by Crippen LogP contribution is 2.06. The van der Waals surface area contributed by atoms with E-state index in [0.717, 1.165) is 0 Å². The van der Waals surface area contributed by atoms with Crippen LogP contribution in [0.5, 0.6) is 0 Å². The quantitative estimate of drug-likeness (QED) is 0.630. The van der Waals surface area contributed by atoms with Crippen molar-refractivity contribution in [2.24, 2.45) is 0 Å². The van der Waals surface area contributed by atoms with Gasteiger partial charge in [0.05, 0.1) is 6.61 Å². The summed E-state index contributed by atoms with van der Waals surface area (Å²) in [6.45, 7) is 3.84. The van der Waals surface area contributed by atoms with Crippen molar-refractivity contribution in [1.82, 2.24) is 19.6 Å². The lowest BCUT2D eigenvalue weighted by molar-refractivity contribution is 0.0519. The van der Waals surface area contributed by atoms with E-state index in [-0.39, 0.29) is 5.69 Å². The Hall–Kier alpha value is -1.76. The summed E-state index contributed by atoms with van der Waals surface area (Å²) in [7, 11) is 0. The molecule has 0 radical (unpaired) electrons. The fraction of sp³-hybridized carbons (Fsp3) is 0.333. The lowest BCUT2D eigenvalue weighted by Gasteiger charge is -2.01. The number of nitrogens with one attached hydrogen (secondary N) is 1. The van der Waals surface area contributed by atoms with Crippen LogP contribution in [0.25, 0.3) is 5.78 Å². The fourth-order valence-corrected chi connectivity index (χ4v) is 1.69. The molecule has 0 unspecified atom stereocenters. The molecule has 0 atom stereocenters. The van der Waals surface area contributed by atoms with Crippen LogP contribution in [0.3, 0.4) is 0 Å². The summed E-state index contributed by atoms with van der Waals surface area (Å²) < 4.78 is 6.97. The van der Waals surface area contributed by atoms with Crippen LogP contribution in [-0.4, -0.2) is 32.2 Å². The van der Waals surface area contributed by atoms with Crippen molar-refractivity contribution in [3.63, 3.8) is 0 Å². The van der Waals surface area contributed by atoms with Crippen molar-refractivity contribution in [3.05, 3.63) is 22.2 Å². The standard InChI is InChI=1S/C9H10N4O2S/c1-3-15-8(14)6-4-7(16)13-5(2)11-12-9(13)10-6/h4H,3H2,1-2H3,(H,10,12). The monoisotopic (exact) mass is 238 g/mol. The van der Waals surface area contributed by atoms with E-state index in [1.807, 2.05) is 0 Å². The maximum Gasteiger partial charge on any atom is 0.357 e. The number of aryl methyl sites for hydroxylation is 1. The van der Waals surface area contributed by atoms with Gasteiger partial charge in [0.1, 0.15) is 10.5 Å². The van der Waals surface area contributed by atoms with E-state index < -0.39 is 5.97 Å². The molecule has 2 heterocycles. The van der Waals surface area contributed by atoms with Crippen LogP contribution in [0.2, 0.25) is 0 Å². The third-order valence-corrected chi connectivity index (χ3v) is 2.35. The van der Waals surface area contributed by atoms with Crippen LogP contribution in [0.4, 0.5) is 0 Å². The van der Waals surface area contributed by atoms with E-state index in [1.165, 1.54) is 6.07 Å². The van der Waals surface area contributed by atoms with Gasteiger partial charge in [-0.05, 0) is 13.8 Å². The lowest BCUT2D eigenvalue weighted by atomic mass is 10.4. The summed E-state index contributed by atoms with van der Waals surface area (Å²) in [6, 6.07) is 1.50. The summed E-state index contributed by atoms with van der Waals surface area (Å²) in [5, 5.41) is 6.65. The zero-order valence-corrected chi connectivity index (χ0v) is 9.67. The van der Waals surface area contributed by atoms with Gasteiger partial charge in [-0.2, -0.15) is 5.10 Å². The molecule has 2 rings (SSSR count). The first-order valence-electron chi connectivity index (χ1n) is 4.75. The Kier molecular flexibility index (Phi) is 2.69. The molecule has 0 bridgehead atoms. The van der Waals surface area contributed by atoms with Crippen LogP contribution >= 0.6 is 12.2 Å². The molecule has 0 saturated carbocycles.